The maximum absolute atomic E-state index is 12.3. The topological polar surface area (TPSA) is 20.3 Å². The summed E-state index contributed by atoms with van der Waals surface area (Å²) in [5, 5.41) is 0. The molecule has 104 valence electrons. The molecule has 0 radical (unpaired) electrons. The highest BCUT2D eigenvalue weighted by atomic mass is 79.9. The molecule has 0 saturated carbocycles. The van der Waals surface area contributed by atoms with E-state index in [1.165, 1.54) is 22.5 Å². The summed E-state index contributed by atoms with van der Waals surface area (Å²) in [5.41, 5.74) is 2.80. The molecule has 0 bridgehead atoms. The summed E-state index contributed by atoms with van der Waals surface area (Å²) in [6, 6.07) is 12.4. The molecule has 0 fully saturated rings. The van der Waals surface area contributed by atoms with Gasteiger partial charge in [0.15, 0.2) is 5.78 Å². The highest BCUT2D eigenvalue weighted by Crippen LogP contribution is 2.23. The van der Waals surface area contributed by atoms with E-state index in [0.29, 0.717) is 6.54 Å². The number of carbonyl (C=O) groups excluding carboxylic acids is 1. The van der Waals surface area contributed by atoms with Gasteiger partial charge in [0, 0.05) is 6.54 Å². The molecule has 1 aliphatic rings. The molecule has 3 rings (SSSR count). The number of benzene rings is 1. The van der Waals surface area contributed by atoms with Crippen LogP contribution >= 0.6 is 27.3 Å². The van der Waals surface area contributed by atoms with Crippen LogP contribution in [0, 0.1) is 0 Å². The average Bonchev–Trinajstić information content (AvgIpc) is 2.77. The largest absolute Gasteiger partial charge is 0.292 e. The minimum Gasteiger partial charge on any atom is -0.292 e. The molecule has 0 saturated heterocycles. The van der Waals surface area contributed by atoms with Gasteiger partial charge in [0.1, 0.15) is 0 Å². The van der Waals surface area contributed by atoms with Gasteiger partial charge in [0.2, 0.25) is 0 Å². The van der Waals surface area contributed by atoms with E-state index >= 15 is 0 Å². The lowest BCUT2D eigenvalue weighted by Gasteiger charge is -2.19. The van der Waals surface area contributed by atoms with E-state index in [9.17, 15) is 4.79 Å². The lowest BCUT2D eigenvalue weighted by atomic mass is 10.0. The number of hydrogen-bond donors (Lipinski definition) is 0. The molecule has 0 amide bonds. The Hall–Kier alpha value is -0.970. The zero-order chi connectivity index (χ0) is 13.9. The Bertz CT molecular complexity index is 622. The van der Waals surface area contributed by atoms with Crippen molar-refractivity contribution in [2.24, 2.45) is 0 Å². The first kappa shape index (κ1) is 14.0. The smallest absolute Gasteiger partial charge is 0.186 e. The van der Waals surface area contributed by atoms with Gasteiger partial charge in [0.25, 0.3) is 0 Å². The fraction of sp³-hybridized carbons (Fsp3) is 0.312. The van der Waals surface area contributed by atoms with Gasteiger partial charge < -0.3 is 0 Å². The van der Waals surface area contributed by atoms with Crippen molar-refractivity contribution in [1.29, 1.82) is 0 Å². The van der Waals surface area contributed by atoms with Crippen LogP contribution in [0.15, 0.2) is 40.2 Å². The number of rotatable bonds is 3. The molecule has 1 aromatic carbocycles. The van der Waals surface area contributed by atoms with E-state index in [2.05, 4.69) is 45.1 Å². The Morgan fingerprint density at radius 1 is 1.20 bits per heavy atom. The van der Waals surface area contributed by atoms with E-state index in [4.69, 9.17) is 0 Å². The quantitative estimate of drug-likeness (QED) is 0.776. The van der Waals surface area contributed by atoms with E-state index in [0.717, 1.165) is 34.6 Å². The number of carbonyl (C=O) groups is 1. The molecule has 1 aromatic heterocycles. The summed E-state index contributed by atoms with van der Waals surface area (Å²) in [6.45, 7) is 2.39. The number of hydrogen-bond acceptors (Lipinski definition) is 3. The number of ketones is 1. The van der Waals surface area contributed by atoms with Crippen LogP contribution in [0.2, 0.25) is 0 Å². The fourth-order valence-corrected chi connectivity index (χ4v) is 3.96. The number of halogens is 1. The third kappa shape index (κ3) is 3.19. The van der Waals surface area contributed by atoms with Crippen LogP contribution in [-0.2, 0) is 13.0 Å². The molecule has 1 aliphatic heterocycles. The maximum Gasteiger partial charge on any atom is 0.186 e. The predicted octanol–water partition coefficient (Wildman–Crippen LogP) is 4.14. The van der Waals surface area contributed by atoms with Crippen molar-refractivity contribution in [2.45, 2.75) is 19.4 Å². The first-order valence-electron chi connectivity index (χ1n) is 6.80. The Morgan fingerprint density at radius 3 is 2.75 bits per heavy atom. The molecule has 0 unspecified atom stereocenters. The second-order valence-corrected chi connectivity index (χ2v) is 7.57. The summed E-state index contributed by atoms with van der Waals surface area (Å²) in [6.07, 6.45) is 2.24. The number of fused-ring (bicyclic) bond motifs is 1. The van der Waals surface area contributed by atoms with Crippen molar-refractivity contribution in [3.05, 3.63) is 56.2 Å². The van der Waals surface area contributed by atoms with Crippen LogP contribution < -0.4 is 0 Å². The van der Waals surface area contributed by atoms with E-state index in [1.807, 2.05) is 12.1 Å². The molecule has 0 spiro atoms. The molecule has 0 atom stereocenters. The van der Waals surface area contributed by atoms with E-state index in [-0.39, 0.29) is 5.78 Å². The summed E-state index contributed by atoms with van der Waals surface area (Å²) >= 11 is 4.93. The fourth-order valence-electron chi connectivity index (χ4n) is 2.65. The standard InChI is InChI=1S/C16H16BrNOS/c17-16-8-7-15(20-16)14(19)11-18-9-3-6-12-4-1-2-5-13(12)10-18/h1-2,4-5,7-8H,3,6,9-11H2. The Kier molecular flexibility index (Phi) is 4.34. The molecular formula is C16H16BrNOS. The number of aryl methyl sites for hydroxylation is 1. The molecule has 20 heavy (non-hydrogen) atoms. The van der Waals surface area contributed by atoms with Gasteiger partial charge in [-0.3, -0.25) is 9.69 Å². The average molecular weight is 350 g/mol. The minimum atomic E-state index is 0.222. The highest BCUT2D eigenvalue weighted by Gasteiger charge is 2.18. The van der Waals surface area contributed by atoms with Gasteiger partial charge in [-0.1, -0.05) is 24.3 Å². The Morgan fingerprint density at radius 2 is 2.00 bits per heavy atom. The van der Waals surface area contributed by atoms with Crippen LogP contribution in [0.4, 0.5) is 0 Å². The van der Waals surface area contributed by atoms with Gasteiger partial charge in [0.05, 0.1) is 15.2 Å². The van der Waals surface area contributed by atoms with Crippen molar-refractivity contribution in [3.8, 4) is 0 Å². The number of nitrogens with zero attached hydrogens (tertiary/aromatic N) is 1. The van der Waals surface area contributed by atoms with Crippen LogP contribution in [-0.4, -0.2) is 23.8 Å². The SMILES string of the molecule is O=C(CN1CCCc2ccccc2C1)c1ccc(Br)s1. The summed E-state index contributed by atoms with van der Waals surface area (Å²) in [7, 11) is 0. The Balaban J connectivity index is 1.71. The van der Waals surface area contributed by atoms with Gasteiger partial charge in [-0.2, -0.15) is 0 Å². The monoisotopic (exact) mass is 349 g/mol. The lowest BCUT2D eigenvalue weighted by Crippen LogP contribution is -2.29. The summed E-state index contributed by atoms with van der Waals surface area (Å²) < 4.78 is 1.02. The minimum absolute atomic E-state index is 0.222. The molecule has 2 heterocycles. The third-order valence-corrected chi connectivity index (χ3v) is 5.31. The molecule has 0 aliphatic carbocycles. The molecule has 4 heteroatoms. The van der Waals surface area contributed by atoms with E-state index < -0.39 is 0 Å². The van der Waals surface area contributed by atoms with Crippen LogP contribution in [0.3, 0.4) is 0 Å². The van der Waals surface area contributed by atoms with Crippen molar-refractivity contribution in [2.75, 3.05) is 13.1 Å². The number of Topliss-reactive ketones (excluding diaryl/α,β-unsaturated/α-hetero) is 1. The van der Waals surface area contributed by atoms with Crippen LogP contribution in [0.25, 0.3) is 0 Å². The highest BCUT2D eigenvalue weighted by molar-refractivity contribution is 9.11. The van der Waals surface area contributed by atoms with Gasteiger partial charge in [-0.25, -0.2) is 0 Å². The second-order valence-electron chi connectivity index (χ2n) is 5.11. The maximum atomic E-state index is 12.3. The van der Waals surface area contributed by atoms with Crippen LogP contribution in [0.1, 0.15) is 27.2 Å². The first-order chi connectivity index (χ1) is 9.72. The zero-order valence-corrected chi connectivity index (χ0v) is 13.5. The molecule has 0 N–H and O–H groups in total. The summed E-state index contributed by atoms with van der Waals surface area (Å²) in [4.78, 5) is 15.4. The van der Waals surface area contributed by atoms with Crippen molar-refractivity contribution >= 4 is 33.0 Å². The normalized spacial score (nSPS) is 15.7. The zero-order valence-electron chi connectivity index (χ0n) is 11.1. The van der Waals surface area contributed by atoms with Gasteiger partial charge in [-0.15, -0.1) is 11.3 Å². The molecule has 2 aromatic rings. The van der Waals surface area contributed by atoms with Crippen LogP contribution in [0.5, 0.6) is 0 Å². The van der Waals surface area contributed by atoms with E-state index in [1.54, 1.807) is 0 Å². The summed E-state index contributed by atoms with van der Waals surface area (Å²) in [5.74, 6) is 0.222. The number of thiophene rings is 1. The molecular weight excluding hydrogens is 334 g/mol. The van der Waals surface area contributed by atoms with Crippen molar-refractivity contribution in [1.82, 2.24) is 4.90 Å². The van der Waals surface area contributed by atoms with Crippen molar-refractivity contribution < 1.29 is 4.79 Å². The predicted molar refractivity (Wildman–Crippen MR) is 86.4 cm³/mol. The van der Waals surface area contributed by atoms with Gasteiger partial charge in [-0.05, 0) is 58.6 Å². The Labute approximate surface area is 131 Å². The van der Waals surface area contributed by atoms with Gasteiger partial charge >= 0.3 is 0 Å². The van der Waals surface area contributed by atoms with Crippen molar-refractivity contribution in [3.63, 3.8) is 0 Å². The lowest BCUT2D eigenvalue weighted by molar-refractivity contribution is 0.0931. The third-order valence-electron chi connectivity index (χ3n) is 3.65. The second kappa shape index (κ2) is 6.20. The first-order valence-corrected chi connectivity index (χ1v) is 8.41. The molecule has 2 nitrogen and oxygen atoms in total.